The van der Waals surface area contributed by atoms with E-state index in [9.17, 15) is 13.2 Å². The highest BCUT2D eigenvalue weighted by molar-refractivity contribution is 5.57. The second-order valence-electron chi connectivity index (χ2n) is 7.35. The van der Waals surface area contributed by atoms with Gasteiger partial charge < -0.3 is 9.80 Å². The highest BCUT2D eigenvalue weighted by atomic mass is 19.4. The van der Waals surface area contributed by atoms with E-state index in [2.05, 4.69) is 19.8 Å². The molecule has 0 radical (unpaired) electrons. The first-order valence-corrected chi connectivity index (χ1v) is 9.29. The maximum atomic E-state index is 13.4. The number of nitriles is 1. The maximum Gasteiger partial charge on any atom is 0.417 e. The summed E-state index contributed by atoms with van der Waals surface area (Å²) in [6.07, 6.45) is -0.876. The van der Waals surface area contributed by atoms with E-state index < -0.39 is 11.7 Å². The van der Waals surface area contributed by atoms with Gasteiger partial charge in [0, 0.05) is 37.6 Å². The van der Waals surface area contributed by atoms with Crippen molar-refractivity contribution in [1.29, 1.82) is 5.26 Å². The van der Waals surface area contributed by atoms with Crippen molar-refractivity contribution in [2.75, 3.05) is 29.4 Å². The number of aryl methyl sites for hydroxylation is 1. The number of benzene rings is 1. The molecule has 5 nitrogen and oxygen atoms in total. The van der Waals surface area contributed by atoms with Crippen LogP contribution in [0, 0.1) is 24.2 Å². The van der Waals surface area contributed by atoms with Crippen LogP contribution < -0.4 is 9.80 Å². The second kappa shape index (κ2) is 6.97. The van der Waals surface area contributed by atoms with Gasteiger partial charge in [0.1, 0.15) is 11.6 Å². The Morgan fingerprint density at radius 3 is 2.68 bits per heavy atom. The van der Waals surface area contributed by atoms with Crippen LogP contribution in [-0.2, 0) is 6.18 Å². The number of halogens is 3. The minimum atomic E-state index is -4.54. The molecule has 4 rings (SSSR count). The number of alkyl halides is 3. The predicted octanol–water partition coefficient (Wildman–Crippen LogP) is 3.78. The predicted molar refractivity (Wildman–Crippen MR) is 99.0 cm³/mol. The Balaban J connectivity index is 1.62. The van der Waals surface area contributed by atoms with Gasteiger partial charge in [0.15, 0.2) is 0 Å². The fraction of sp³-hybridized carbons (Fsp3) is 0.450. The van der Waals surface area contributed by atoms with Gasteiger partial charge in [-0.05, 0) is 49.9 Å². The van der Waals surface area contributed by atoms with Crippen LogP contribution in [-0.4, -0.2) is 35.6 Å². The number of hydrogen-bond donors (Lipinski definition) is 0. The van der Waals surface area contributed by atoms with Crippen molar-refractivity contribution < 1.29 is 13.2 Å². The molecule has 0 amide bonds. The van der Waals surface area contributed by atoms with E-state index >= 15 is 0 Å². The molecule has 146 valence electrons. The van der Waals surface area contributed by atoms with Gasteiger partial charge >= 0.3 is 6.18 Å². The minimum absolute atomic E-state index is 0.123. The van der Waals surface area contributed by atoms with Crippen LogP contribution in [0.15, 0.2) is 30.5 Å². The van der Waals surface area contributed by atoms with Gasteiger partial charge in [-0.2, -0.15) is 18.4 Å². The van der Waals surface area contributed by atoms with Crippen molar-refractivity contribution in [3.63, 3.8) is 0 Å². The first kappa shape index (κ1) is 18.5. The number of rotatable bonds is 2. The minimum Gasteiger partial charge on any atom is -0.366 e. The van der Waals surface area contributed by atoms with Crippen molar-refractivity contribution >= 4 is 11.5 Å². The van der Waals surface area contributed by atoms with Gasteiger partial charge in [-0.25, -0.2) is 9.97 Å². The highest BCUT2D eigenvalue weighted by Crippen LogP contribution is 2.39. The number of anilines is 2. The lowest BCUT2D eigenvalue weighted by atomic mass is 9.92. The Morgan fingerprint density at radius 1 is 1.18 bits per heavy atom. The Bertz CT molecular complexity index is 921. The van der Waals surface area contributed by atoms with Gasteiger partial charge in [-0.1, -0.05) is 0 Å². The average molecular weight is 387 g/mol. The van der Waals surface area contributed by atoms with E-state index in [-0.39, 0.29) is 11.6 Å². The molecule has 8 heteroatoms. The fourth-order valence-corrected chi connectivity index (χ4v) is 4.33. The summed E-state index contributed by atoms with van der Waals surface area (Å²) in [5.41, 5.74) is -0.677. The van der Waals surface area contributed by atoms with E-state index in [0.717, 1.165) is 37.8 Å². The molecule has 0 spiro atoms. The molecular weight excluding hydrogens is 367 g/mol. The van der Waals surface area contributed by atoms with Gasteiger partial charge in [0.05, 0.1) is 17.2 Å². The normalized spacial score (nSPS) is 22.1. The Morgan fingerprint density at radius 2 is 1.96 bits per heavy atom. The molecule has 0 saturated carbocycles. The van der Waals surface area contributed by atoms with Gasteiger partial charge in [-0.15, -0.1) is 0 Å². The van der Waals surface area contributed by atoms with E-state index in [1.165, 1.54) is 6.07 Å². The molecule has 1 aromatic carbocycles. The molecule has 2 aliphatic heterocycles. The van der Waals surface area contributed by atoms with Crippen molar-refractivity contribution in [2.24, 2.45) is 5.92 Å². The quantitative estimate of drug-likeness (QED) is 0.785. The first-order valence-electron chi connectivity index (χ1n) is 9.29. The summed E-state index contributed by atoms with van der Waals surface area (Å²) in [4.78, 5) is 12.9. The number of hydrogen-bond acceptors (Lipinski definition) is 5. The lowest BCUT2D eigenvalue weighted by Gasteiger charge is -2.40. The van der Waals surface area contributed by atoms with Crippen LogP contribution in [0.25, 0.3) is 0 Å². The third kappa shape index (κ3) is 3.37. The number of piperidine rings is 1. The van der Waals surface area contributed by atoms with E-state index in [1.54, 1.807) is 18.3 Å². The molecular formula is C20H20F3N5. The van der Waals surface area contributed by atoms with Gasteiger partial charge in [-0.3, -0.25) is 0 Å². The number of aromatic nitrogens is 2. The Labute approximate surface area is 161 Å². The Hall–Kier alpha value is -2.82. The van der Waals surface area contributed by atoms with Crippen LogP contribution >= 0.6 is 0 Å². The van der Waals surface area contributed by atoms with Crippen molar-refractivity contribution in [3.05, 3.63) is 47.4 Å². The monoisotopic (exact) mass is 387 g/mol. The lowest BCUT2D eigenvalue weighted by Crippen LogP contribution is -2.48. The molecule has 2 aromatic rings. The zero-order valence-corrected chi connectivity index (χ0v) is 15.4. The first-order chi connectivity index (χ1) is 13.4. The fourth-order valence-electron chi connectivity index (χ4n) is 4.33. The number of nitrogens with zero attached hydrogens (tertiary/aromatic N) is 5. The molecule has 1 aromatic heterocycles. The zero-order chi connectivity index (χ0) is 19.9. The highest BCUT2D eigenvalue weighted by Gasteiger charge is 2.40. The summed E-state index contributed by atoms with van der Waals surface area (Å²) < 4.78 is 40.1. The van der Waals surface area contributed by atoms with Gasteiger partial charge in [0.2, 0.25) is 0 Å². The summed E-state index contributed by atoms with van der Waals surface area (Å²) in [7, 11) is 0. The smallest absolute Gasteiger partial charge is 0.366 e. The van der Waals surface area contributed by atoms with Crippen molar-refractivity contribution in [3.8, 4) is 6.07 Å². The third-order valence-corrected chi connectivity index (χ3v) is 5.71. The lowest BCUT2D eigenvalue weighted by molar-refractivity contribution is -0.137. The summed E-state index contributed by atoms with van der Waals surface area (Å²) >= 11 is 0. The molecule has 2 aliphatic rings. The van der Waals surface area contributed by atoms with E-state index in [0.29, 0.717) is 24.0 Å². The van der Waals surface area contributed by atoms with E-state index in [4.69, 9.17) is 5.26 Å². The molecule has 0 aliphatic carbocycles. The summed E-state index contributed by atoms with van der Waals surface area (Å²) in [5, 5.41) is 9.03. The van der Waals surface area contributed by atoms with Crippen molar-refractivity contribution in [2.45, 2.75) is 32.0 Å². The van der Waals surface area contributed by atoms with Crippen LogP contribution in [0.4, 0.5) is 24.7 Å². The number of fused-ring (bicyclic) bond motifs is 1. The van der Waals surface area contributed by atoms with Crippen LogP contribution in [0.3, 0.4) is 0 Å². The summed E-state index contributed by atoms with van der Waals surface area (Å²) in [6, 6.07) is 7.67. The standard InChI is InChI=1S/C20H20F3N5/c1-13-25-7-4-19(26-13)27-8-5-14-6-9-28(18(14)12-27)16-3-2-15(11-24)17(10-16)20(21,22)23/h2-4,7,10,14,18H,5-6,8-9,12H2,1H3. The summed E-state index contributed by atoms with van der Waals surface area (Å²) in [6.45, 7) is 4.15. The average Bonchev–Trinajstić information content (AvgIpc) is 3.10. The molecule has 0 bridgehead atoms. The van der Waals surface area contributed by atoms with Gasteiger partial charge in [0.25, 0.3) is 0 Å². The van der Waals surface area contributed by atoms with E-state index in [1.807, 2.05) is 13.0 Å². The SMILES string of the molecule is Cc1nccc(N2CCC3CCN(c4ccc(C#N)c(C(F)(F)F)c4)C3C2)n1. The molecule has 2 fully saturated rings. The summed E-state index contributed by atoms with van der Waals surface area (Å²) in [5.74, 6) is 2.00. The van der Waals surface area contributed by atoms with Crippen LogP contribution in [0.2, 0.25) is 0 Å². The van der Waals surface area contributed by atoms with Crippen molar-refractivity contribution in [1.82, 2.24) is 9.97 Å². The second-order valence-corrected chi connectivity index (χ2v) is 7.35. The third-order valence-electron chi connectivity index (χ3n) is 5.71. The molecule has 28 heavy (non-hydrogen) atoms. The zero-order valence-electron chi connectivity index (χ0n) is 15.4. The Kier molecular flexibility index (Phi) is 4.61. The van der Waals surface area contributed by atoms with Crippen LogP contribution in [0.1, 0.15) is 29.8 Å². The molecule has 0 N–H and O–H groups in total. The molecule has 2 atom stereocenters. The molecule has 2 saturated heterocycles. The largest absolute Gasteiger partial charge is 0.417 e. The maximum absolute atomic E-state index is 13.4. The topological polar surface area (TPSA) is 56.1 Å². The van der Waals surface area contributed by atoms with Crippen LogP contribution in [0.5, 0.6) is 0 Å². The molecule has 2 unspecified atom stereocenters. The molecule has 3 heterocycles.